The Kier molecular flexibility index (Phi) is 6.02. The molecule has 4 nitrogen and oxygen atoms in total. The number of nitrogens with one attached hydrogen (secondary N) is 1. The van der Waals surface area contributed by atoms with E-state index >= 15 is 0 Å². The van der Waals surface area contributed by atoms with E-state index in [9.17, 15) is 4.79 Å². The highest BCUT2D eigenvalue weighted by Gasteiger charge is 2.17. The minimum atomic E-state index is -0.126. The van der Waals surface area contributed by atoms with Gasteiger partial charge in [-0.25, -0.2) is 4.98 Å². The van der Waals surface area contributed by atoms with Crippen molar-refractivity contribution in [1.29, 1.82) is 0 Å². The van der Waals surface area contributed by atoms with Crippen LogP contribution in [0.15, 0.2) is 18.2 Å². The highest BCUT2D eigenvalue weighted by molar-refractivity contribution is 6.39. The molecule has 0 spiro atoms. The number of benzene rings is 1. The molecule has 1 aliphatic carbocycles. The standard InChI is InChI=1S/C19H22Cl2N2O2/c1-12-8-9-14-15(20)10-16(21)19(18(14)22-12)25-11-17(24)23-13-6-4-2-3-5-7-13/h8-10,13H,2-7,11H2,1H3,(H,23,24). The predicted molar refractivity (Wildman–Crippen MR) is 102 cm³/mol. The lowest BCUT2D eigenvalue weighted by molar-refractivity contribution is -0.123. The average molecular weight is 381 g/mol. The highest BCUT2D eigenvalue weighted by atomic mass is 35.5. The number of aryl methyl sites for hydroxylation is 1. The van der Waals surface area contributed by atoms with Gasteiger partial charge in [-0.2, -0.15) is 0 Å². The molecule has 0 saturated heterocycles. The van der Waals surface area contributed by atoms with Crippen molar-refractivity contribution in [1.82, 2.24) is 10.3 Å². The molecular weight excluding hydrogens is 359 g/mol. The maximum Gasteiger partial charge on any atom is 0.258 e. The fourth-order valence-electron chi connectivity index (χ4n) is 3.26. The van der Waals surface area contributed by atoms with Crippen LogP contribution in [0.5, 0.6) is 5.75 Å². The molecule has 1 aromatic heterocycles. The van der Waals surface area contributed by atoms with Gasteiger partial charge in [-0.15, -0.1) is 0 Å². The van der Waals surface area contributed by atoms with Crippen molar-refractivity contribution in [3.63, 3.8) is 0 Å². The molecule has 2 aromatic rings. The van der Waals surface area contributed by atoms with Crippen LogP contribution in [-0.2, 0) is 4.79 Å². The quantitative estimate of drug-likeness (QED) is 0.753. The van der Waals surface area contributed by atoms with Crippen LogP contribution in [0.2, 0.25) is 10.0 Å². The summed E-state index contributed by atoms with van der Waals surface area (Å²) in [6, 6.07) is 5.64. The first-order valence-electron chi connectivity index (χ1n) is 8.72. The third kappa shape index (κ3) is 4.56. The monoisotopic (exact) mass is 380 g/mol. The van der Waals surface area contributed by atoms with Gasteiger partial charge in [0.15, 0.2) is 12.4 Å². The first-order valence-corrected chi connectivity index (χ1v) is 9.47. The Balaban J connectivity index is 1.72. The predicted octanol–water partition coefficient (Wildman–Crippen LogP) is 5.07. The summed E-state index contributed by atoms with van der Waals surface area (Å²) in [6.45, 7) is 1.80. The van der Waals surface area contributed by atoms with Crippen molar-refractivity contribution in [3.05, 3.63) is 33.9 Å². The lowest BCUT2D eigenvalue weighted by Crippen LogP contribution is -2.37. The molecule has 0 atom stereocenters. The maximum absolute atomic E-state index is 12.3. The number of ether oxygens (including phenoxy) is 1. The van der Waals surface area contributed by atoms with Crippen molar-refractivity contribution < 1.29 is 9.53 Å². The molecule has 1 N–H and O–H groups in total. The smallest absolute Gasteiger partial charge is 0.258 e. The molecule has 1 amide bonds. The van der Waals surface area contributed by atoms with Crippen molar-refractivity contribution in [2.75, 3.05) is 6.61 Å². The third-order valence-electron chi connectivity index (χ3n) is 4.55. The Morgan fingerprint density at radius 3 is 2.64 bits per heavy atom. The fraction of sp³-hybridized carbons (Fsp3) is 0.474. The minimum absolute atomic E-state index is 0.0808. The number of rotatable bonds is 4. The van der Waals surface area contributed by atoms with Crippen molar-refractivity contribution >= 4 is 40.0 Å². The first kappa shape index (κ1) is 18.3. The van der Waals surface area contributed by atoms with Gasteiger partial charge in [-0.05, 0) is 38.0 Å². The van der Waals surface area contributed by atoms with Gasteiger partial charge < -0.3 is 10.1 Å². The number of halogens is 2. The molecular formula is C19H22Cl2N2O2. The van der Waals surface area contributed by atoms with Gasteiger partial charge in [0, 0.05) is 17.1 Å². The van der Waals surface area contributed by atoms with Gasteiger partial charge in [0.2, 0.25) is 0 Å². The second-order valence-electron chi connectivity index (χ2n) is 6.56. The molecule has 1 heterocycles. The Morgan fingerprint density at radius 1 is 1.20 bits per heavy atom. The Labute approximate surface area is 157 Å². The van der Waals surface area contributed by atoms with Crippen LogP contribution in [0.3, 0.4) is 0 Å². The normalized spacial score (nSPS) is 15.8. The largest absolute Gasteiger partial charge is 0.480 e. The minimum Gasteiger partial charge on any atom is -0.480 e. The molecule has 3 rings (SSSR count). The topological polar surface area (TPSA) is 51.2 Å². The van der Waals surface area contributed by atoms with E-state index in [2.05, 4.69) is 10.3 Å². The Morgan fingerprint density at radius 2 is 1.92 bits per heavy atom. The van der Waals surface area contributed by atoms with Crippen LogP contribution in [0.1, 0.15) is 44.2 Å². The number of amides is 1. The second-order valence-corrected chi connectivity index (χ2v) is 7.38. The number of hydrogen-bond acceptors (Lipinski definition) is 3. The van der Waals surface area contributed by atoms with E-state index < -0.39 is 0 Å². The summed E-state index contributed by atoms with van der Waals surface area (Å²) in [4.78, 5) is 16.7. The third-order valence-corrected chi connectivity index (χ3v) is 5.14. The van der Waals surface area contributed by atoms with Gasteiger partial charge in [0.25, 0.3) is 5.91 Å². The molecule has 0 bridgehead atoms. The van der Waals surface area contributed by atoms with Crippen LogP contribution in [0.4, 0.5) is 0 Å². The summed E-state index contributed by atoms with van der Waals surface area (Å²) in [7, 11) is 0. The number of carbonyl (C=O) groups excluding carboxylic acids is 1. The summed E-state index contributed by atoms with van der Waals surface area (Å²) in [5, 5.41) is 4.70. The SMILES string of the molecule is Cc1ccc2c(Cl)cc(Cl)c(OCC(=O)NC3CCCCCC3)c2n1. The van der Waals surface area contributed by atoms with E-state index in [0.717, 1.165) is 23.9 Å². The molecule has 1 aromatic carbocycles. The zero-order valence-corrected chi connectivity index (χ0v) is 15.8. The van der Waals surface area contributed by atoms with Crippen molar-refractivity contribution in [2.24, 2.45) is 0 Å². The van der Waals surface area contributed by atoms with E-state index in [0.29, 0.717) is 21.3 Å². The summed E-state index contributed by atoms with van der Waals surface area (Å²) >= 11 is 12.5. The number of nitrogens with zero attached hydrogens (tertiary/aromatic N) is 1. The van der Waals surface area contributed by atoms with Crippen LogP contribution >= 0.6 is 23.2 Å². The summed E-state index contributed by atoms with van der Waals surface area (Å²) in [6.07, 6.45) is 6.92. The zero-order valence-electron chi connectivity index (χ0n) is 14.3. The van der Waals surface area contributed by atoms with Gasteiger partial charge in [-0.1, -0.05) is 48.9 Å². The molecule has 1 fully saturated rings. The molecule has 6 heteroatoms. The number of fused-ring (bicyclic) bond motifs is 1. The van der Waals surface area contributed by atoms with E-state index in [4.69, 9.17) is 27.9 Å². The first-order chi connectivity index (χ1) is 12.0. The zero-order chi connectivity index (χ0) is 17.8. The van der Waals surface area contributed by atoms with Gasteiger partial charge >= 0.3 is 0 Å². The second kappa shape index (κ2) is 8.24. The van der Waals surface area contributed by atoms with Crippen LogP contribution in [-0.4, -0.2) is 23.5 Å². The van der Waals surface area contributed by atoms with Crippen molar-refractivity contribution in [2.45, 2.75) is 51.5 Å². The van der Waals surface area contributed by atoms with Crippen molar-refractivity contribution in [3.8, 4) is 5.75 Å². The van der Waals surface area contributed by atoms with E-state index in [1.807, 2.05) is 19.1 Å². The lowest BCUT2D eigenvalue weighted by atomic mass is 10.1. The summed E-state index contributed by atoms with van der Waals surface area (Å²) in [5.74, 6) is 0.277. The molecule has 1 saturated carbocycles. The number of aromatic nitrogens is 1. The average Bonchev–Trinajstić information content (AvgIpc) is 2.83. The molecule has 0 radical (unpaired) electrons. The molecule has 25 heavy (non-hydrogen) atoms. The van der Waals surface area contributed by atoms with Gasteiger partial charge in [0.05, 0.1) is 10.0 Å². The van der Waals surface area contributed by atoms with E-state index in [1.165, 1.54) is 25.7 Å². The van der Waals surface area contributed by atoms with E-state index in [-0.39, 0.29) is 18.6 Å². The lowest BCUT2D eigenvalue weighted by Gasteiger charge is -2.17. The van der Waals surface area contributed by atoms with Crippen LogP contribution < -0.4 is 10.1 Å². The fourth-order valence-corrected chi connectivity index (χ4v) is 3.83. The molecule has 0 aliphatic heterocycles. The number of carbonyl (C=O) groups is 1. The van der Waals surface area contributed by atoms with E-state index in [1.54, 1.807) is 6.07 Å². The number of hydrogen-bond donors (Lipinski definition) is 1. The summed E-state index contributed by atoms with van der Waals surface area (Å²) in [5.41, 5.74) is 1.42. The summed E-state index contributed by atoms with van der Waals surface area (Å²) < 4.78 is 5.73. The molecule has 134 valence electrons. The van der Waals surface area contributed by atoms with Crippen LogP contribution in [0.25, 0.3) is 10.9 Å². The molecule has 0 unspecified atom stereocenters. The number of pyridine rings is 1. The highest BCUT2D eigenvalue weighted by Crippen LogP contribution is 2.37. The van der Waals surface area contributed by atoms with Gasteiger partial charge in [-0.3, -0.25) is 4.79 Å². The molecule has 1 aliphatic rings. The van der Waals surface area contributed by atoms with Gasteiger partial charge in [0.1, 0.15) is 5.52 Å². The maximum atomic E-state index is 12.3. The Hall–Kier alpha value is -1.52. The van der Waals surface area contributed by atoms with Crippen LogP contribution in [0, 0.1) is 6.92 Å². The Bertz CT molecular complexity index is 772.